The van der Waals surface area contributed by atoms with E-state index in [0.717, 1.165) is 17.1 Å². The zero-order valence-corrected chi connectivity index (χ0v) is 19.6. The van der Waals surface area contributed by atoms with Crippen LogP contribution in [0, 0.1) is 6.92 Å². The number of aromatic nitrogens is 4. The number of hydrogen-bond acceptors (Lipinski definition) is 6. The minimum atomic E-state index is -2.89. The van der Waals surface area contributed by atoms with Crippen molar-refractivity contribution in [2.45, 2.75) is 20.0 Å². The van der Waals surface area contributed by atoms with Gasteiger partial charge in [0.25, 0.3) is 5.78 Å². The summed E-state index contributed by atoms with van der Waals surface area (Å²) in [6.07, 6.45) is 2.20. The van der Waals surface area contributed by atoms with Crippen LogP contribution in [0.4, 0.5) is 25.1 Å². The highest BCUT2D eigenvalue weighted by atomic mass is 19.3. The van der Waals surface area contributed by atoms with Crippen LogP contribution in [0.1, 0.15) is 16.8 Å². The predicted octanol–water partition coefficient (Wildman–Crippen LogP) is 3.98. The molecule has 2 amide bonds. The molecule has 1 aliphatic rings. The van der Waals surface area contributed by atoms with Crippen LogP contribution in [0.3, 0.4) is 0 Å². The van der Waals surface area contributed by atoms with Crippen LogP contribution in [0.5, 0.6) is 5.75 Å². The molecule has 186 valence electrons. The molecule has 1 N–H and O–H groups in total. The van der Waals surface area contributed by atoms with Gasteiger partial charge in [0.1, 0.15) is 17.9 Å². The molecular weight excluding hydrogens is 468 g/mol. The summed E-state index contributed by atoms with van der Waals surface area (Å²) in [5.41, 5.74) is 3.64. The minimum absolute atomic E-state index is 0.0370. The fraction of sp³-hybridized carbons (Fsp3) is 0.280. The molecule has 0 atom stereocenters. The number of piperazine rings is 1. The molecular formula is C25H25F2N7O2. The highest BCUT2D eigenvalue weighted by Crippen LogP contribution is 2.27. The van der Waals surface area contributed by atoms with Crippen LogP contribution in [-0.4, -0.2) is 63.3 Å². The maximum Gasteiger partial charge on any atom is 0.387 e. The molecule has 1 fully saturated rings. The summed E-state index contributed by atoms with van der Waals surface area (Å²) < 4.78 is 30.8. The Morgan fingerprint density at radius 1 is 1.06 bits per heavy atom. The van der Waals surface area contributed by atoms with Gasteiger partial charge in [0.2, 0.25) is 0 Å². The van der Waals surface area contributed by atoms with Crippen LogP contribution in [0.15, 0.2) is 60.9 Å². The Morgan fingerprint density at radius 2 is 1.78 bits per heavy atom. The van der Waals surface area contributed by atoms with Crippen LogP contribution < -0.4 is 15.0 Å². The fourth-order valence-electron chi connectivity index (χ4n) is 4.34. The van der Waals surface area contributed by atoms with E-state index >= 15 is 0 Å². The Labute approximate surface area is 206 Å². The van der Waals surface area contributed by atoms with E-state index in [-0.39, 0.29) is 11.8 Å². The van der Waals surface area contributed by atoms with Gasteiger partial charge in [-0.1, -0.05) is 30.3 Å². The smallest absolute Gasteiger partial charge is 0.387 e. The van der Waals surface area contributed by atoms with Crippen molar-refractivity contribution in [2.24, 2.45) is 0 Å². The molecule has 9 nitrogen and oxygen atoms in total. The molecule has 0 aliphatic carbocycles. The fourth-order valence-corrected chi connectivity index (χ4v) is 4.34. The summed E-state index contributed by atoms with van der Waals surface area (Å²) in [5.74, 6) is 1.52. The average molecular weight is 494 g/mol. The highest BCUT2D eigenvalue weighted by molar-refractivity contribution is 5.89. The third-order valence-corrected chi connectivity index (χ3v) is 6.13. The van der Waals surface area contributed by atoms with Gasteiger partial charge < -0.3 is 19.9 Å². The summed E-state index contributed by atoms with van der Waals surface area (Å²) in [6, 6.07) is 15.8. The lowest BCUT2D eigenvalue weighted by Crippen LogP contribution is -2.50. The standard InChI is InChI=1S/C25H25F2N7O2/c1-17-21(15-18-5-3-2-4-6-18)22(34-24(30-17)28-16-29-34)32-11-13-33(14-12-32)25(35)31-19-7-9-20(10-8-19)36-23(26)27/h2-10,16,23H,11-15H2,1H3,(H,31,35). The molecule has 0 unspecified atom stereocenters. The van der Waals surface area contributed by atoms with Crippen molar-refractivity contribution >= 4 is 23.3 Å². The first kappa shape index (κ1) is 23.5. The summed E-state index contributed by atoms with van der Waals surface area (Å²) in [5, 5.41) is 7.24. The topological polar surface area (TPSA) is 87.9 Å². The van der Waals surface area contributed by atoms with Crippen molar-refractivity contribution in [3.63, 3.8) is 0 Å². The predicted molar refractivity (Wildman–Crippen MR) is 131 cm³/mol. The van der Waals surface area contributed by atoms with E-state index in [4.69, 9.17) is 0 Å². The number of halogens is 2. The molecule has 4 aromatic rings. The maximum atomic E-state index is 12.8. The van der Waals surface area contributed by atoms with Gasteiger partial charge in [0, 0.05) is 49.5 Å². The molecule has 1 saturated heterocycles. The number of rotatable bonds is 6. The zero-order valence-electron chi connectivity index (χ0n) is 19.6. The minimum Gasteiger partial charge on any atom is -0.435 e. The summed E-state index contributed by atoms with van der Waals surface area (Å²) >= 11 is 0. The number of urea groups is 1. The first-order valence-electron chi connectivity index (χ1n) is 11.6. The molecule has 3 heterocycles. The van der Waals surface area contributed by atoms with Crippen LogP contribution in [0.2, 0.25) is 0 Å². The van der Waals surface area contributed by atoms with Crippen molar-refractivity contribution in [3.05, 3.63) is 77.7 Å². The van der Waals surface area contributed by atoms with Gasteiger partial charge in [-0.15, -0.1) is 0 Å². The van der Waals surface area contributed by atoms with Gasteiger partial charge in [-0.05, 0) is 36.8 Å². The largest absolute Gasteiger partial charge is 0.435 e. The number of aryl methyl sites for hydroxylation is 1. The van der Waals surface area contributed by atoms with Crippen molar-refractivity contribution < 1.29 is 18.3 Å². The lowest BCUT2D eigenvalue weighted by Gasteiger charge is -2.37. The van der Waals surface area contributed by atoms with E-state index in [1.165, 1.54) is 36.2 Å². The quantitative estimate of drug-likeness (QED) is 0.437. The van der Waals surface area contributed by atoms with E-state index in [2.05, 4.69) is 42.2 Å². The Morgan fingerprint density at radius 3 is 2.47 bits per heavy atom. The van der Waals surface area contributed by atoms with Gasteiger partial charge >= 0.3 is 12.6 Å². The summed E-state index contributed by atoms with van der Waals surface area (Å²) in [6.45, 7) is 1.31. The van der Waals surface area contributed by atoms with Crippen molar-refractivity contribution in [3.8, 4) is 5.75 Å². The SMILES string of the molecule is Cc1nc2ncnn2c(N2CCN(C(=O)Nc3ccc(OC(F)F)cc3)CC2)c1Cc1ccccc1. The first-order valence-corrected chi connectivity index (χ1v) is 11.6. The van der Waals surface area contributed by atoms with Crippen molar-refractivity contribution in [1.29, 1.82) is 0 Å². The number of hydrogen-bond donors (Lipinski definition) is 1. The number of benzene rings is 2. The zero-order chi connectivity index (χ0) is 25.1. The number of fused-ring (bicyclic) bond motifs is 1. The second-order valence-corrected chi connectivity index (χ2v) is 8.44. The summed E-state index contributed by atoms with van der Waals surface area (Å²) in [7, 11) is 0. The Kier molecular flexibility index (Phi) is 6.61. The monoisotopic (exact) mass is 493 g/mol. The van der Waals surface area contributed by atoms with Crippen LogP contribution in [-0.2, 0) is 6.42 Å². The van der Waals surface area contributed by atoms with E-state index in [1.807, 2.05) is 25.1 Å². The molecule has 0 bridgehead atoms. The summed E-state index contributed by atoms with van der Waals surface area (Å²) in [4.78, 5) is 25.7. The van der Waals surface area contributed by atoms with E-state index in [0.29, 0.717) is 44.1 Å². The normalized spacial score (nSPS) is 13.9. The maximum absolute atomic E-state index is 12.8. The molecule has 0 spiro atoms. The number of anilines is 2. The molecule has 2 aromatic heterocycles. The van der Waals surface area contributed by atoms with Crippen LogP contribution in [0.25, 0.3) is 5.78 Å². The molecule has 0 saturated carbocycles. The van der Waals surface area contributed by atoms with E-state index in [1.54, 1.807) is 9.42 Å². The molecule has 5 rings (SSSR count). The Bertz CT molecular complexity index is 1340. The molecule has 11 heteroatoms. The van der Waals surface area contributed by atoms with E-state index < -0.39 is 6.61 Å². The number of nitrogens with one attached hydrogen (secondary N) is 1. The second kappa shape index (κ2) is 10.1. The lowest BCUT2D eigenvalue weighted by atomic mass is 10.0. The van der Waals surface area contributed by atoms with Gasteiger partial charge in [-0.25, -0.2) is 9.78 Å². The second-order valence-electron chi connectivity index (χ2n) is 8.44. The Balaban J connectivity index is 1.30. The van der Waals surface area contributed by atoms with Gasteiger partial charge in [-0.2, -0.15) is 23.4 Å². The average Bonchev–Trinajstić information content (AvgIpc) is 3.34. The van der Waals surface area contributed by atoms with Crippen molar-refractivity contribution in [1.82, 2.24) is 24.5 Å². The first-order chi connectivity index (χ1) is 17.5. The Hall–Kier alpha value is -4.28. The number of amides is 2. The van der Waals surface area contributed by atoms with Gasteiger partial charge in [0.05, 0.1) is 0 Å². The number of nitrogens with zero attached hydrogens (tertiary/aromatic N) is 6. The third-order valence-electron chi connectivity index (χ3n) is 6.13. The number of ether oxygens (including phenoxy) is 1. The van der Waals surface area contributed by atoms with Gasteiger partial charge in [-0.3, -0.25) is 0 Å². The molecule has 1 aliphatic heterocycles. The molecule has 2 aromatic carbocycles. The van der Waals surface area contributed by atoms with E-state index in [9.17, 15) is 13.6 Å². The molecule has 0 radical (unpaired) electrons. The van der Waals surface area contributed by atoms with Crippen molar-refractivity contribution in [2.75, 3.05) is 36.4 Å². The highest BCUT2D eigenvalue weighted by Gasteiger charge is 2.26. The lowest BCUT2D eigenvalue weighted by molar-refractivity contribution is -0.0498. The number of alkyl halides is 2. The number of carbonyl (C=O) groups is 1. The molecule has 36 heavy (non-hydrogen) atoms. The van der Waals surface area contributed by atoms with Gasteiger partial charge in [0.15, 0.2) is 0 Å². The van der Waals surface area contributed by atoms with Crippen LogP contribution >= 0.6 is 0 Å². The number of carbonyl (C=O) groups excluding carboxylic acids is 1. The third kappa shape index (κ3) is 5.04.